The molecule has 1 aromatic heterocycles. The standard InChI is InChI=1S/C16H25N5O3/c22-15(20-14-6-10-17-11-7-14)18-8-2-1-3-9-19-16(23)21-12-4-5-13-24-21/h6-7,10-11H,1-5,8-9,12-13H2,(H,19,23)(H2,17,18,20,22). The molecule has 1 aliphatic rings. The van der Waals surface area contributed by atoms with Crippen molar-refractivity contribution in [3.63, 3.8) is 0 Å². The molecule has 0 atom stereocenters. The van der Waals surface area contributed by atoms with E-state index in [2.05, 4.69) is 20.9 Å². The van der Waals surface area contributed by atoms with E-state index < -0.39 is 0 Å². The second kappa shape index (κ2) is 10.4. The van der Waals surface area contributed by atoms with Gasteiger partial charge in [-0.05, 0) is 44.2 Å². The summed E-state index contributed by atoms with van der Waals surface area (Å²) in [6.07, 6.45) is 7.90. The van der Waals surface area contributed by atoms with E-state index in [-0.39, 0.29) is 12.1 Å². The third-order valence-electron chi connectivity index (χ3n) is 3.58. The molecule has 1 saturated heterocycles. The summed E-state index contributed by atoms with van der Waals surface area (Å²) >= 11 is 0. The lowest BCUT2D eigenvalue weighted by molar-refractivity contribution is -0.139. The maximum Gasteiger partial charge on any atom is 0.341 e. The summed E-state index contributed by atoms with van der Waals surface area (Å²) < 4.78 is 0. The lowest BCUT2D eigenvalue weighted by Gasteiger charge is -2.25. The van der Waals surface area contributed by atoms with Crippen LogP contribution < -0.4 is 16.0 Å². The summed E-state index contributed by atoms with van der Waals surface area (Å²) in [5.74, 6) is 0. The van der Waals surface area contributed by atoms with Gasteiger partial charge in [-0.1, -0.05) is 0 Å². The molecule has 0 radical (unpaired) electrons. The van der Waals surface area contributed by atoms with Crippen molar-refractivity contribution < 1.29 is 14.4 Å². The number of unbranched alkanes of at least 4 members (excludes halogenated alkanes) is 2. The molecule has 132 valence electrons. The van der Waals surface area contributed by atoms with Crippen LogP contribution in [0.5, 0.6) is 0 Å². The summed E-state index contributed by atoms with van der Waals surface area (Å²) in [5.41, 5.74) is 0.713. The quantitative estimate of drug-likeness (QED) is 0.665. The minimum Gasteiger partial charge on any atom is -0.338 e. The third-order valence-corrected chi connectivity index (χ3v) is 3.58. The smallest absolute Gasteiger partial charge is 0.338 e. The molecule has 0 saturated carbocycles. The molecule has 4 amide bonds. The number of nitrogens with zero attached hydrogens (tertiary/aromatic N) is 2. The Hall–Kier alpha value is -2.35. The van der Waals surface area contributed by atoms with Crippen LogP contribution in [0.25, 0.3) is 0 Å². The predicted octanol–water partition coefficient (Wildman–Crippen LogP) is 2.11. The monoisotopic (exact) mass is 335 g/mol. The second-order valence-corrected chi connectivity index (χ2v) is 5.55. The number of hydroxylamine groups is 2. The summed E-state index contributed by atoms with van der Waals surface area (Å²) in [5, 5.41) is 9.76. The fourth-order valence-electron chi connectivity index (χ4n) is 2.28. The number of hydrogen-bond donors (Lipinski definition) is 3. The largest absolute Gasteiger partial charge is 0.341 e. The van der Waals surface area contributed by atoms with Gasteiger partial charge in [0.15, 0.2) is 0 Å². The molecule has 3 N–H and O–H groups in total. The first-order chi connectivity index (χ1) is 11.8. The number of urea groups is 2. The summed E-state index contributed by atoms with van der Waals surface area (Å²) in [7, 11) is 0. The molecule has 0 aromatic carbocycles. The van der Waals surface area contributed by atoms with E-state index in [4.69, 9.17) is 4.84 Å². The Bertz CT molecular complexity index is 506. The van der Waals surface area contributed by atoms with Crippen molar-refractivity contribution in [1.82, 2.24) is 20.7 Å². The number of pyridine rings is 1. The molecule has 1 aliphatic heterocycles. The molecule has 1 aromatic rings. The molecule has 1 fully saturated rings. The first kappa shape index (κ1) is 18.0. The molecular weight excluding hydrogens is 310 g/mol. The van der Waals surface area contributed by atoms with E-state index in [0.717, 1.165) is 32.1 Å². The molecule has 8 heteroatoms. The molecule has 0 bridgehead atoms. The van der Waals surface area contributed by atoms with E-state index in [9.17, 15) is 9.59 Å². The minimum absolute atomic E-state index is 0.162. The van der Waals surface area contributed by atoms with Crippen molar-refractivity contribution in [3.8, 4) is 0 Å². The van der Waals surface area contributed by atoms with Crippen LogP contribution >= 0.6 is 0 Å². The molecule has 0 spiro atoms. The van der Waals surface area contributed by atoms with Crippen molar-refractivity contribution >= 4 is 17.7 Å². The Morgan fingerprint density at radius 2 is 1.83 bits per heavy atom. The molecule has 2 rings (SSSR count). The first-order valence-electron chi connectivity index (χ1n) is 8.39. The lowest BCUT2D eigenvalue weighted by Crippen LogP contribution is -2.43. The Kier molecular flexibility index (Phi) is 7.82. The number of anilines is 1. The van der Waals surface area contributed by atoms with Crippen molar-refractivity contribution in [2.24, 2.45) is 0 Å². The van der Waals surface area contributed by atoms with E-state index in [1.807, 2.05) is 0 Å². The number of amides is 4. The Morgan fingerprint density at radius 1 is 1.08 bits per heavy atom. The van der Waals surface area contributed by atoms with Crippen LogP contribution in [0.4, 0.5) is 15.3 Å². The fraction of sp³-hybridized carbons (Fsp3) is 0.562. The van der Waals surface area contributed by atoms with Gasteiger partial charge in [0.05, 0.1) is 13.2 Å². The zero-order chi connectivity index (χ0) is 17.0. The highest BCUT2D eigenvalue weighted by Gasteiger charge is 2.16. The fourth-order valence-corrected chi connectivity index (χ4v) is 2.28. The molecule has 2 heterocycles. The van der Waals surface area contributed by atoms with Gasteiger partial charge in [-0.25, -0.2) is 14.7 Å². The molecule has 0 aliphatic carbocycles. The van der Waals surface area contributed by atoms with E-state index in [0.29, 0.717) is 31.9 Å². The van der Waals surface area contributed by atoms with Crippen LogP contribution in [-0.2, 0) is 4.84 Å². The Morgan fingerprint density at radius 3 is 2.54 bits per heavy atom. The highest BCUT2D eigenvalue weighted by atomic mass is 16.7. The minimum atomic E-state index is -0.225. The zero-order valence-corrected chi connectivity index (χ0v) is 13.8. The SMILES string of the molecule is O=C(NCCCCCNC(=O)N1CCCCO1)Nc1ccncc1. The molecule has 0 unspecified atom stereocenters. The lowest BCUT2D eigenvalue weighted by atomic mass is 10.2. The number of aromatic nitrogens is 1. The van der Waals surface area contributed by atoms with Gasteiger partial charge in [0.25, 0.3) is 0 Å². The van der Waals surface area contributed by atoms with Crippen molar-refractivity contribution in [2.45, 2.75) is 32.1 Å². The normalized spacial score (nSPS) is 14.1. The van der Waals surface area contributed by atoms with E-state index in [1.165, 1.54) is 5.06 Å². The second-order valence-electron chi connectivity index (χ2n) is 5.55. The van der Waals surface area contributed by atoms with Crippen molar-refractivity contribution in [2.75, 3.05) is 31.6 Å². The topological polar surface area (TPSA) is 95.6 Å². The van der Waals surface area contributed by atoms with Crippen molar-refractivity contribution in [3.05, 3.63) is 24.5 Å². The van der Waals surface area contributed by atoms with E-state index >= 15 is 0 Å². The van der Waals surface area contributed by atoms with Crippen molar-refractivity contribution in [1.29, 1.82) is 0 Å². The van der Waals surface area contributed by atoms with Crippen LogP contribution in [0.2, 0.25) is 0 Å². The van der Waals surface area contributed by atoms with Crippen LogP contribution in [0, 0.1) is 0 Å². The summed E-state index contributed by atoms with van der Waals surface area (Å²) in [4.78, 5) is 32.6. The van der Waals surface area contributed by atoms with Gasteiger partial charge < -0.3 is 16.0 Å². The average molecular weight is 335 g/mol. The van der Waals surface area contributed by atoms with Crippen LogP contribution in [0.3, 0.4) is 0 Å². The van der Waals surface area contributed by atoms with E-state index in [1.54, 1.807) is 24.5 Å². The average Bonchev–Trinajstić information content (AvgIpc) is 2.62. The number of carbonyl (C=O) groups excluding carboxylic acids is 2. The number of rotatable bonds is 7. The third kappa shape index (κ3) is 6.82. The van der Waals surface area contributed by atoms with Gasteiger partial charge in [0.1, 0.15) is 0 Å². The highest BCUT2D eigenvalue weighted by molar-refractivity contribution is 5.88. The van der Waals surface area contributed by atoms with Crippen LogP contribution in [0.15, 0.2) is 24.5 Å². The summed E-state index contributed by atoms with van der Waals surface area (Å²) in [6, 6.07) is 3.07. The highest BCUT2D eigenvalue weighted by Crippen LogP contribution is 2.05. The number of hydrogen-bond acceptors (Lipinski definition) is 4. The van der Waals surface area contributed by atoms with Crippen LogP contribution in [-0.4, -0.2) is 48.4 Å². The summed E-state index contributed by atoms with van der Waals surface area (Å²) in [6.45, 7) is 2.48. The molecular formula is C16H25N5O3. The van der Waals surface area contributed by atoms with Gasteiger partial charge in [-0.3, -0.25) is 9.82 Å². The molecule has 8 nitrogen and oxygen atoms in total. The van der Waals surface area contributed by atoms with Gasteiger partial charge in [-0.2, -0.15) is 0 Å². The Balaban J connectivity index is 1.45. The maximum atomic E-state index is 11.8. The first-order valence-corrected chi connectivity index (χ1v) is 8.39. The van der Waals surface area contributed by atoms with Gasteiger partial charge in [0.2, 0.25) is 0 Å². The molecule has 24 heavy (non-hydrogen) atoms. The predicted molar refractivity (Wildman–Crippen MR) is 90.4 cm³/mol. The number of nitrogens with one attached hydrogen (secondary N) is 3. The zero-order valence-electron chi connectivity index (χ0n) is 13.8. The number of carbonyl (C=O) groups is 2. The van der Waals surface area contributed by atoms with Gasteiger partial charge in [0, 0.05) is 31.2 Å². The maximum absolute atomic E-state index is 11.8. The van der Waals surface area contributed by atoms with Gasteiger partial charge in [-0.15, -0.1) is 0 Å². The van der Waals surface area contributed by atoms with Gasteiger partial charge >= 0.3 is 12.1 Å². The Labute approximate surface area is 141 Å². The van der Waals surface area contributed by atoms with Crippen LogP contribution in [0.1, 0.15) is 32.1 Å².